The number of halogens is 1. The Kier molecular flexibility index (Phi) is 3.49. The lowest BCUT2D eigenvalue weighted by Crippen LogP contribution is -2.14. The first-order chi connectivity index (χ1) is 10.1. The Morgan fingerprint density at radius 2 is 2.29 bits per heavy atom. The number of nitriles is 1. The molecule has 0 unspecified atom stereocenters. The highest BCUT2D eigenvalue weighted by atomic mass is 35.5. The Morgan fingerprint density at radius 1 is 1.48 bits per heavy atom. The summed E-state index contributed by atoms with van der Waals surface area (Å²) in [6, 6.07) is 5.12. The van der Waals surface area contributed by atoms with E-state index in [9.17, 15) is 10.1 Å². The normalized spacial score (nSPS) is 12.2. The van der Waals surface area contributed by atoms with Crippen molar-refractivity contribution in [2.45, 2.75) is 5.16 Å². The van der Waals surface area contributed by atoms with E-state index in [-0.39, 0.29) is 18.1 Å². The van der Waals surface area contributed by atoms with Gasteiger partial charge in [-0.3, -0.25) is 4.79 Å². The molecule has 6 nitrogen and oxygen atoms in total. The van der Waals surface area contributed by atoms with Crippen LogP contribution < -0.4 is 15.0 Å². The highest BCUT2D eigenvalue weighted by Crippen LogP contribution is 2.42. The van der Waals surface area contributed by atoms with Crippen LogP contribution in [0.1, 0.15) is 5.56 Å². The average Bonchev–Trinajstić information content (AvgIpc) is 2.95. The predicted molar refractivity (Wildman–Crippen MR) is 77.9 cm³/mol. The van der Waals surface area contributed by atoms with Gasteiger partial charge in [0.25, 0.3) is 5.56 Å². The Morgan fingerprint density at radius 3 is 3.00 bits per heavy atom. The van der Waals surface area contributed by atoms with E-state index >= 15 is 0 Å². The van der Waals surface area contributed by atoms with Gasteiger partial charge in [-0.15, -0.1) is 0 Å². The Hall–Kier alpha value is -2.17. The Bertz CT molecular complexity index is 829. The zero-order chi connectivity index (χ0) is 15.0. The van der Waals surface area contributed by atoms with Gasteiger partial charge in [0.05, 0.1) is 10.7 Å². The van der Waals surface area contributed by atoms with Crippen LogP contribution in [0.25, 0.3) is 11.3 Å². The van der Waals surface area contributed by atoms with E-state index < -0.39 is 5.56 Å². The predicted octanol–water partition coefficient (Wildman–Crippen LogP) is 2.41. The third kappa shape index (κ3) is 2.33. The second-order valence-electron chi connectivity index (χ2n) is 4.10. The van der Waals surface area contributed by atoms with Crippen LogP contribution in [0.2, 0.25) is 5.02 Å². The van der Waals surface area contributed by atoms with Crippen molar-refractivity contribution in [3.8, 4) is 28.8 Å². The van der Waals surface area contributed by atoms with Crippen LogP contribution >= 0.6 is 23.4 Å². The zero-order valence-corrected chi connectivity index (χ0v) is 12.3. The molecule has 2 aromatic rings. The highest BCUT2D eigenvalue weighted by molar-refractivity contribution is 7.98. The fraction of sp³-hybridized carbons (Fsp3) is 0.154. The summed E-state index contributed by atoms with van der Waals surface area (Å²) in [5.41, 5.74) is 0.247. The molecular formula is C13H8ClN3O3S. The molecule has 2 heterocycles. The van der Waals surface area contributed by atoms with E-state index in [4.69, 9.17) is 21.1 Å². The standard InChI is InChI=1S/C13H8ClN3O3S/c1-21-13-16-10(7(4-15)12(18)17-13)6-2-8(14)11-9(3-6)19-5-20-11/h2-3H,5H2,1H3,(H,16,17,18). The van der Waals surface area contributed by atoms with E-state index in [2.05, 4.69) is 9.97 Å². The van der Waals surface area contributed by atoms with Gasteiger partial charge >= 0.3 is 0 Å². The van der Waals surface area contributed by atoms with Crippen LogP contribution in [0.4, 0.5) is 0 Å². The van der Waals surface area contributed by atoms with Crippen LogP contribution in [0.15, 0.2) is 22.1 Å². The molecule has 106 valence electrons. The summed E-state index contributed by atoms with van der Waals surface area (Å²) in [6.07, 6.45) is 1.78. The van der Waals surface area contributed by atoms with Gasteiger partial charge in [-0.05, 0) is 18.4 Å². The topological polar surface area (TPSA) is 88.0 Å². The minimum Gasteiger partial charge on any atom is -0.454 e. The maximum atomic E-state index is 11.9. The lowest BCUT2D eigenvalue weighted by Gasteiger charge is -2.07. The summed E-state index contributed by atoms with van der Waals surface area (Å²) in [5, 5.41) is 9.94. The van der Waals surface area contributed by atoms with Crippen molar-refractivity contribution < 1.29 is 9.47 Å². The number of benzene rings is 1. The molecule has 0 spiro atoms. The molecule has 0 bridgehead atoms. The van der Waals surface area contributed by atoms with Crippen molar-refractivity contribution in [3.63, 3.8) is 0 Å². The zero-order valence-electron chi connectivity index (χ0n) is 10.8. The molecule has 1 aliphatic rings. The van der Waals surface area contributed by atoms with Gasteiger partial charge < -0.3 is 14.5 Å². The van der Waals surface area contributed by atoms with Gasteiger partial charge in [0.2, 0.25) is 6.79 Å². The molecule has 1 aromatic carbocycles. The van der Waals surface area contributed by atoms with E-state index in [1.165, 1.54) is 11.8 Å². The van der Waals surface area contributed by atoms with Crippen LogP contribution in [-0.4, -0.2) is 23.0 Å². The number of fused-ring (bicyclic) bond motifs is 1. The van der Waals surface area contributed by atoms with Gasteiger partial charge in [-0.25, -0.2) is 4.98 Å². The van der Waals surface area contributed by atoms with Crippen molar-refractivity contribution >= 4 is 23.4 Å². The number of ether oxygens (including phenoxy) is 2. The number of H-pyrrole nitrogens is 1. The first kappa shape index (κ1) is 13.8. The van der Waals surface area contributed by atoms with Crippen molar-refractivity contribution in [3.05, 3.63) is 33.1 Å². The molecular weight excluding hydrogens is 314 g/mol. The monoisotopic (exact) mass is 321 g/mol. The molecule has 1 N–H and O–H groups in total. The van der Waals surface area contributed by atoms with E-state index in [1.807, 2.05) is 6.07 Å². The van der Waals surface area contributed by atoms with Crippen LogP contribution in [-0.2, 0) is 0 Å². The smallest absolute Gasteiger partial charge is 0.270 e. The van der Waals surface area contributed by atoms with Crippen molar-refractivity contribution in [1.82, 2.24) is 9.97 Å². The van der Waals surface area contributed by atoms with Crippen LogP contribution in [0.3, 0.4) is 0 Å². The summed E-state index contributed by atoms with van der Waals surface area (Å²) >= 11 is 7.40. The van der Waals surface area contributed by atoms with Crippen molar-refractivity contribution in [2.24, 2.45) is 0 Å². The first-order valence-corrected chi connectivity index (χ1v) is 7.42. The van der Waals surface area contributed by atoms with Gasteiger partial charge in [0.15, 0.2) is 16.7 Å². The molecule has 0 aliphatic carbocycles. The van der Waals surface area contributed by atoms with Gasteiger partial charge in [-0.1, -0.05) is 23.4 Å². The van der Waals surface area contributed by atoms with Gasteiger partial charge in [0, 0.05) is 5.56 Å². The molecule has 1 aliphatic heterocycles. The molecule has 3 rings (SSSR count). The van der Waals surface area contributed by atoms with Crippen molar-refractivity contribution in [1.29, 1.82) is 5.26 Å². The number of aromatic amines is 1. The van der Waals surface area contributed by atoms with Crippen LogP contribution in [0, 0.1) is 11.3 Å². The lowest BCUT2D eigenvalue weighted by atomic mass is 10.1. The SMILES string of the molecule is CSc1nc(-c2cc(Cl)c3c(c2)OCO3)c(C#N)c(=O)[nH]1. The van der Waals surface area contributed by atoms with Crippen LogP contribution in [0.5, 0.6) is 11.5 Å². The third-order valence-electron chi connectivity index (χ3n) is 2.90. The lowest BCUT2D eigenvalue weighted by molar-refractivity contribution is 0.174. The number of thioether (sulfide) groups is 1. The average molecular weight is 322 g/mol. The number of rotatable bonds is 2. The minimum atomic E-state index is -0.486. The van der Waals surface area contributed by atoms with Gasteiger partial charge in [0.1, 0.15) is 11.6 Å². The number of nitrogens with one attached hydrogen (secondary N) is 1. The third-order valence-corrected chi connectivity index (χ3v) is 3.76. The second kappa shape index (κ2) is 5.31. The molecule has 0 saturated carbocycles. The number of nitrogens with zero attached hydrogens (tertiary/aromatic N) is 2. The van der Waals surface area contributed by atoms with E-state index in [1.54, 1.807) is 18.4 Å². The summed E-state index contributed by atoms with van der Waals surface area (Å²) < 4.78 is 10.5. The summed E-state index contributed by atoms with van der Waals surface area (Å²) in [4.78, 5) is 18.8. The molecule has 0 atom stereocenters. The largest absolute Gasteiger partial charge is 0.454 e. The second-order valence-corrected chi connectivity index (χ2v) is 5.30. The molecule has 21 heavy (non-hydrogen) atoms. The summed E-state index contributed by atoms with van der Waals surface area (Å²) in [6.45, 7) is 0.0858. The Labute approximate surface area is 128 Å². The molecule has 0 fully saturated rings. The fourth-order valence-corrected chi connectivity index (χ4v) is 2.61. The molecule has 0 amide bonds. The number of aromatic nitrogens is 2. The van der Waals surface area contributed by atoms with Gasteiger partial charge in [-0.2, -0.15) is 5.26 Å². The maximum Gasteiger partial charge on any atom is 0.270 e. The van der Waals surface area contributed by atoms with E-state index in [0.29, 0.717) is 27.2 Å². The van der Waals surface area contributed by atoms with Crippen molar-refractivity contribution in [2.75, 3.05) is 13.0 Å². The number of hydrogen-bond donors (Lipinski definition) is 1. The quantitative estimate of drug-likeness (QED) is 0.675. The maximum absolute atomic E-state index is 11.9. The minimum absolute atomic E-state index is 0.0669. The summed E-state index contributed by atoms with van der Waals surface area (Å²) in [7, 11) is 0. The number of hydrogen-bond acceptors (Lipinski definition) is 6. The molecule has 0 radical (unpaired) electrons. The molecule has 8 heteroatoms. The first-order valence-electron chi connectivity index (χ1n) is 5.82. The fourth-order valence-electron chi connectivity index (χ4n) is 1.97. The summed E-state index contributed by atoms with van der Waals surface area (Å²) in [5.74, 6) is 0.919. The van der Waals surface area contributed by atoms with E-state index in [0.717, 1.165) is 0 Å². The molecule has 1 aromatic heterocycles. The highest BCUT2D eigenvalue weighted by Gasteiger charge is 2.21. The Balaban J connectivity index is 2.26. The molecule has 0 saturated heterocycles.